The smallest absolute Gasteiger partial charge is 0.307 e. The van der Waals surface area contributed by atoms with Crippen molar-refractivity contribution >= 4 is 11.7 Å². The number of nitrogens with one attached hydrogen (secondary N) is 1. The van der Waals surface area contributed by atoms with Crippen molar-refractivity contribution in [2.75, 3.05) is 60.2 Å². The van der Waals surface area contributed by atoms with E-state index in [9.17, 15) is 4.79 Å². The van der Waals surface area contributed by atoms with Crippen LogP contribution in [0.15, 0.2) is 24.4 Å². The van der Waals surface area contributed by atoms with Crippen molar-refractivity contribution in [1.82, 2.24) is 0 Å². The van der Waals surface area contributed by atoms with Gasteiger partial charge in [0.15, 0.2) is 0 Å². The molecular weight excluding hydrogens is 456 g/mol. The number of rotatable bonds is 23. The quantitative estimate of drug-likeness (QED) is 0.0946. The Labute approximate surface area is 230 Å². The van der Waals surface area contributed by atoms with Gasteiger partial charge in [0.2, 0.25) is 0 Å². The van der Waals surface area contributed by atoms with E-state index in [1.54, 1.807) is 0 Å². The molecule has 0 fully saturated rings. The molecule has 0 aromatic carbocycles. The zero-order valence-electron chi connectivity index (χ0n) is 25.7. The van der Waals surface area contributed by atoms with E-state index < -0.39 is 0 Å². The average Bonchev–Trinajstić information content (AvgIpc) is 2.83. The first-order chi connectivity index (χ1) is 17.6. The van der Waals surface area contributed by atoms with Crippen molar-refractivity contribution in [3.05, 3.63) is 24.4 Å². The van der Waals surface area contributed by atoms with Crippen LogP contribution < -0.4 is 9.88 Å². The van der Waals surface area contributed by atoms with Crippen LogP contribution in [-0.4, -0.2) is 69.7 Å². The fraction of sp³-hybridized carbons (Fsp3) is 0.812. The van der Waals surface area contributed by atoms with Crippen molar-refractivity contribution in [2.45, 2.75) is 116 Å². The lowest BCUT2D eigenvalue weighted by atomic mass is 10.1. The van der Waals surface area contributed by atoms with Crippen LogP contribution in [-0.2, 0) is 11.3 Å². The number of anilines is 1. The number of amides is 1. The average molecular weight is 520 g/mol. The summed E-state index contributed by atoms with van der Waals surface area (Å²) < 4.78 is 4.17. The number of unbranched alkanes of at least 4 members (excludes halogenated alkanes) is 13. The van der Waals surface area contributed by atoms with E-state index in [0.29, 0.717) is 6.42 Å². The third-order valence-corrected chi connectivity index (χ3v) is 7.50. The minimum atomic E-state index is 0.135. The van der Waals surface area contributed by atoms with Gasteiger partial charge in [0.1, 0.15) is 13.1 Å². The Hall–Kier alpha value is -1.46. The minimum absolute atomic E-state index is 0.135. The lowest BCUT2D eigenvalue weighted by Gasteiger charge is -2.30. The maximum absolute atomic E-state index is 12.5. The summed E-state index contributed by atoms with van der Waals surface area (Å²) in [6.07, 6.45) is 22.9. The summed E-state index contributed by atoms with van der Waals surface area (Å²) in [6.45, 7) is 6.69. The summed E-state index contributed by atoms with van der Waals surface area (Å²) in [7, 11) is 11.3. The molecule has 0 spiro atoms. The molecule has 1 amide bonds. The van der Waals surface area contributed by atoms with Gasteiger partial charge in [-0.25, -0.2) is 14.7 Å². The Morgan fingerprint density at radius 1 is 0.703 bits per heavy atom. The van der Waals surface area contributed by atoms with Crippen LogP contribution >= 0.6 is 0 Å². The molecule has 0 unspecified atom stereocenters. The number of aromatic nitrogens is 1. The Balaban J connectivity index is 2.08. The summed E-state index contributed by atoms with van der Waals surface area (Å²) in [5.41, 5.74) is 0. The molecule has 37 heavy (non-hydrogen) atoms. The van der Waals surface area contributed by atoms with Crippen LogP contribution in [0, 0.1) is 0 Å². The minimum Gasteiger partial charge on any atom is -0.328 e. The number of nitrogens with zero attached hydrogens (tertiary/aromatic N) is 3. The highest BCUT2D eigenvalue weighted by atomic mass is 16.1. The van der Waals surface area contributed by atoms with Crippen LogP contribution in [0.3, 0.4) is 0 Å². The zero-order chi connectivity index (χ0) is 27.4. The van der Waals surface area contributed by atoms with Gasteiger partial charge < -0.3 is 8.97 Å². The van der Waals surface area contributed by atoms with E-state index in [4.69, 9.17) is 0 Å². The maximum Gasteiger partial charge on any atom is 0.307 e. The number of likely N-dealkylation sites (N-methyl/N-ethyl adjacent to an activating group) is 1. The van der Waals surface area contributed by atoms with Crippen molar-refractivity contribution in [3.8, 4) is 0 Å². The highest BCUT2D eigenvalue weighted by Crippen LogP contribution is 2.13. The standard InChI is InChI=1S/C32H62N4O/c1-7-8-9-10-11-12-13-14-15-16-17-22-28-36(5,6)29-23-18-19-25-32(37)33-31-24-20-21-26-34(31)27-30-35(2,3)4/h20-21,24,26H,7-19,22-23,25,27-30H2,1-6H3/q+2/p+1. The fourth-order valence-corrected chi connectivity index (χ4v) is 4.89. The van der Waals surface area contributed by atoms with E-state index >= 15 is 0 Å². The van der Waals surface area contributed by atoms with Gasteiger partial charge in [-0.2, -0.15) is 0 Å². The number of hydrogen-bond donors (Lipinski definition) is 1. The second-order valence-electron chi connectivity index (χ2n) is 12.9. The Morgan fingerprint density at radius 2 is 1.22 bits per heavy atom. The van der Waals surface area contributed by atoms with Crippen LogP contribution in [0.1, 0.15) is 110 Å². The molecule has 0 atom stereocenters. The molecule has 1 heterocycles. The number of carbonyl (C=O) groups excluding carboxylic acids is 1. The molecular formula is C32H63N4O+3. The van der Waals surface area contributed by atoms with E-state index in [1.807, 2.05) is 18.2 Å². The van der Waals surface area contributed by atoms with Crippen molar-refractivity contribution in [3.63, 3.8) is 0 Å². The maximum atomic E-state index is 12.5. The monoisotopic (exact) mass is 519 g/mol. The molecule has 0 radical (unpaired) electrons. The van der Waals surface area contributed by atoms with Gasteiger partial charge in [-0.3, -0.25) is 0 Å². The summed E-state index contributed by atoms with van der Waals surface area (Å²) in [5.74, 6) is 1.04. The SMILES string of the molecule is CCCCCCCCCCCCCC[N+](C)(C)CCCCCC(=O)Nc1cccc[n+]1CC[N+](C)(C)C. The van der Waals surface area contributed by atoms with Crippen LogP contribution in [0.2, 0.25) is 0 Å². The number of carbonyl (C=O) groups is 1. The first kappa shape index (κ1) is 33.6. The fourth-order valence-electron chi connectivity index (χ4n) is 4.89. The lowest BCUT2D eigenvalue weighted by Crippen LogP contribution is -2.47. The lowest BCUT2D eigenvalue weighted by molar-refractivity contribution is -0.891. The molecule has 0 saturated carbocycles. The van der Waals surface area contributed by atoms with Gasteiger partial charge in [-0.15, -0.1) is 0 Å². The van der Waals surface area contributed by atoms with E-state index in [0.717, 1.165) is 40.7 Å². The summed E-state index contributed by atoms with van der Waals surface area (Å²) in [5, 5.41) is 3.13. The Bertz CT molecular complexity index is 711. The van der Waals surface area contributed by atoms with Crippen molar-refractivity contribution in [2.24, 2.45) is 0 Å². The first-order valence-electron chi connectivity index (χ1n) is 15.5. The molecule has 1 aromatic rings. The Kier molecular flexibility index (Phi) is 17.8. The van der Waals surface area contributed by atoms with Crippen LogP contribution in [0.4, 0.5) is 5.82 Å². The number of quaternary nitrogens is 2. The van der Waals surface area contributed by atoms with Crippen molar-refractivity contribution in [1.29, 1.82) is 0 Å². The summed E-state index contributed by atoms with van der Waals surface area (Å²) in [6, 6.07) is 6.03. The van der Waals surface area contributed by atoms with Gasteiger partial charge in [-0.1, -0.05) is 77.2 Å². The largest absolute Gasteiger partial charge is 0.328 e. The third kappa shape index (κ3) is 19.3. The van der Waals surface area contributed by atoms with E-state index in [1.165, 1.54) is 96.6 Å². The molecule has 0 aliphatic carbocycles. The molecule has 0 aliphatic heterocycles. The van der Waals surface area contributed by atoms with Gasteiger partial charge >= 0.3 is 5.91 Å². The molecule has 0 bridgehead atoms. The van der Waals surface area contributed by atoms with Crippen LogP contribution in [0.5, 0.6) is 0 Å². The number of hydrogen-bond acceptors (Lipinski definition) is 1. The molecule has 5 heteroatoms. The van der Waals surface area contributed by atoms with E-state index in [-0.39, 0.29) is 5.91 Å². The van der Waals surface area contributed by atoms with Crippen LogP contribution in [0.25, 0.3) is 0 Å². The second-order valence-corrected chi connectivity index (χ2v) is 12.9. The summed E-state index contributed by atoms with van der Waals surface area (Å²) >= 11 is 0. The second kappa shape index (κ2) is 19.6. The highest BCUT2D eigenvalue weighted by molar-refractivity contribution is 5.88. The molecule has 1 rings (SSSR count). The molecule has 0 saturated heterocycles. The zero-order valence-corrected chi connectivity index (χ0v) is 25.7. The molecule has 214 valence electrons. The van der Waals surface area contributed by atoms with Gasteiger partial charge in [-0.05, 0) is 38.2 Å². The first-order valence-corrected chi connectivity index (χ1v) is 15.5. The normalized spacial score (nSPS) is 12.2. The predicted octanol–water partition coefficient (Wildman–Crippen LogP) is 6.96. The van der Waals surface area contributed by atoms with Gasteiger partial charge in [0, 0.05) is 12.5 Å². The molecule has 0 aliphatic rings. The highest BCUT2D eigenvalue weighted by Gasteiger charge is 2.17. The molecule has 1 aromatic heterocycles. The number of pyridine rings is 1. The van der Waals surface area contributed by atoms with E-state index in [2.05, 4.69) is 58.2 Å². The van der Waals surface area contributed by atoms with Gasteiger partial charge in [0.05, 0.1) is 54.5 Å². The Morgan fingerprint density at radius 3 is 1.76 bits per heavy atom. The topological polar surface area (TPSA) is 33.0 Å². The summed E-state index contributed by atoms with van der Waals surface area (Å²) in [4.78, 5) is 12.5. The predicted molar refractivity (Wildman–Crippen MR) is 160 cm³/mol. The third-order valence-electron chi connectivity index (χ3n) is 7.50. The van der Waals surface area contributed by atoms with Crippen molar-refractivity contribution < 1.29 is 18.3 Å². The van der Waals surface area contributed by atoms with Gasteiger partial charge in [0.25, 0.3) is 5.82 Å². The molecule has 5 nitrogen and oxygen atoms in total. The molecule has 1 N–H and O–H groups in total.